The van der Waals surface area contributed by atoms with Crippen LogP contribution in [-0.4, -0.2) is 35.0 Å². The molecule has 0 saturated heterocycles. The van der Waals surface area contributed by atoms with Crippen LogP contribution in [0.2, 0.25) is 0 Å². The summed E-state index contributed by atoms with van der Waals surface area (Å²) in [6.07, 6.45) is 5.05. The Labute approximate surface area is 118 Å². The van der Waals surface area contributed by atoms with Crippen LogP contribution in [0.25, 0.3) is 0 Å². The van der Waals surface area contributed by atoms with Gasteiger partial charge >= 0.3 is 0 Å². The number of carbonyl (C=O) groups is 1. The fourth-order valence-corrected chi connectivity index (χ4v) is 3.58. The third kappa shape index (κ3) is 3.86. The molecule has 1 fully saturated rings. The van der Waals surface area contributed by atoms with Crippen molar-refractivity contribution in [2.45, 2.75) is 37.5 Å². The molecule has 0 aromatic carbocycles. The van der Waals surface area contributed by atoms with Crippen molar-refractivity contribution in [1.82, 2.24) is 10.3 Å². The zero-order valence-electron chi connectivity index (χ0n) is 11.5. The number of pyridine rings is 1. The van der Waals surface area contributed by atoms with Gasteiger partial charge in [0, 0.05) is 30.1 Å². The van der Waals surface area contributed by atoms with Crippen molar-refractivity contribution in [3.63, 3.8) is 0 Å². The minimum Gasteiger partial charge on any atom is -0.373 e. The molecule has 2 atom stereocenters. The standard InChI is InChI=1S/C14H21N3OS/c1-3-19-12-5-4-11(9-12)17-14(18)10-6-7-16-13(8-10)15-2/h6-8,11-12H,3-5,9H2,1-2H3,(H,15,16)(H,17,18). The second-order valence-electron chi connectivity index (χ2n) is 4.74. The number of amides is 1. The second kappa shape index (κ2) is 6.80. The van der Waals surface area contributed by atoms with E-state index in [4.69, 9.17) is 0 Å². The molecule has 104 valence electrons. The van der Waals surface area contributed by atoms with Gasteiger partial charge in [-0.15, -0.1) is 0 Å². The fourth-order valence-electron chi connectivity index (χ4n) is 2.44. The summed E-state index contributed by atoms with van der Waals surface area (Å²) >= 11 is 2.00. The van der Waals surface area contributed by atoms with Gasteiger partial charge in [0.15, 0.2) is 0 Å². The van der Waals surface area contributed by atoms with Crippen molar-refractivity contribution in [3.05, 3.63) is 23.9 Å². The first-order valence-corrected chi connectivity index (χ1v) is 7.84. The van der Waals surface area contributed by atoms with Crippen LogP contribution in [0.1, 0.15) is 36.5 Å². The van der Waals surface area contributed by atoms with Crippen LogP contribution >= 0.6 is 11.8 Å². The first-order valence-electron chi connectivity index (χ1n) is 6.79. The van der Waals surface area contributed by atoms with Gasteiger partial charge in [0.25, 0.3) is 5.91 Å². The first-order chi connectivity index (χ1) is 9.22. The van der Waals surface area contributed by atoms with Gasteiger partial charge in [-0.05, 0) is 37.1 Å². The van der Waals surface area contributed by atoms with E-state index in [2.05, 4.69) is 22.5 Å². The molecule has 0 radical (unpaired) electrons. The van der Waals surface area contributed by atoms with Crippen LogP contribution < -0.4 is 10.6 Å². The lowest BCUT2D eigenvalue weighted by molar-refractivity contribution is 0.0938. The Balaban J connectivity index is 1.90. The van der Waals surface area contributed by atoms with Gasteiger partial charge in [0.1, 0.15) is 5.82 Å². The molecule has 1 aliphatic carbocycles. The smallest absolute Gasteiger partial charge is 0.251 e. The highest BCUT2D eigenvalue weighted by atomic mass is 32.2. The molecule has 0 aliphatic heterocycles. The number of carbonyl (C=O) groups excluding carboxylic acids is 1. The minimum absolute atomic E-state index is 0.00560. The molecule has 2 N–H and O–H groups in total. The molecule has 1 amide bonds. The Morgan fingerprint density at radius 1 is 1.53 bits per heavy atom. The SMILES string of the molecule is CCSC1CCC(NC(=O)c2ccnc(NC)c2)C1. The van der Waals surface area contributed by atoms with E-state index in [0.29, 0.717) is 16.9 Å². The number of rotatable bonds is 5. The van der Waals surface area contributed by atoms with Crippen LogP contribution in [0.15, 0.2) is 18.3 Å². The molecule has 1 aliphatic rings. The Bertz CT molecular complexity index is 438. The lowest BCUT2D eigenvalue weighted by atomic mass is 10.2. The third-order valence-electron chi connectivity index (χ3n) is 3.40. The normalized spacial score (nSPS) is 22.2. The third-order valence-corrected chi connectivity index (χ3v) is 4.63. The van der Waals surface area contributed by atoms with Crippen LogP contribution in [0.4, 0.5) is 5.82 Å². The Hall–Kier alpha value is -1.23. The summed E-state index contributed by atoms with van der Waals surface area (Å²) in [6, 6.07) is 3.86. The van der Waals surface area contributed by atoms with E-state index >= 15 is 0 Å². The summed E-state index contributed by atoms with van der Waals surface area (Å²) in [4.78, 5) is 16.3. The van der Waals surface area contributed by atoms with Crippen molar-refractivity contribution in [2.24, 2.45) is 0 Å². The molecule has 2 unspecified atom stereocenters. The van der Waals surface area contributed by atoms with Gasteiger partial charge in [0.2, 0.25) is 0 Å². The van der Waals surface area contributed by atoms with Crippen molar-refractivity contribution >= 4 is 23.5 Å². The summed E-state index contributed by atoms with van der Waals surface area (Å²) in [7, 11) is 1.80. The molecular weight excluding hydrogens is 258 g/mol. The summed E-state index contributed by atoms with van der Waals surface area (Å²) in [6.45, 7) is 2.19. The first kappa shape index (κ1) is 14.2. The van der Waals surface area contributed by atoms with Gasteiger partial charge in [-0.3, -0.25) is 4.79 Å². The molecule has 0 bridgehead atoms. The van der Waals surface area contributed by atoms with E-state index in [9.17, 15) is 4.79 Å². The van der Waals surface area contributed by atoms with Gasteiger partial charge in [-0.1, -0.05) is 6.92 Å². The second-order valence-corrected chi connectivity index (χ2v) is 6.32. The zero-order chi connectivity index (χ0) is 13.7. The van der Waals surface area contributed by atoms with E-state index in [0.717, 1.165) is 24.4 Å². The van der Waals surface area contributed by atoms with E-state index < -0.39 is 0 Å². The maximum absolute atomic E-state index is 12.2. The van der Waals surface area contributed by atoms with Gasteiger partial charge < -0.3 is 10.6 Å². The van der Waals surface area contributed by atoms with E-state index in [1.165, 1.54) is 6.42 Å². The van der Waals surface area contributed by atoms with E-state index in [1.807, 2.05) is 11.8 Å². The molecule has 5 heteroatoms. The van der Waals surface area contributed by atoms with Crippen LogP contribution in [-0.2, 0) is 0 Å². The van der Waals surface area contributed by atoms with Gasteiger partial charge in [-0.25, -0.2) is 4.98 Å². The largest absolute Gasteiger partial charge is 0.373 e. The number of thioether (sulfide) groups is 1. The molecule has 1 aromatic heterocycles. The maximum Gasteiger partial charge on any atom is 0.251 e. The topological polar surface area (TPSA) is 54.0 Å². The van der Waals surface area contributed by atoms with Crippen molar-refractivity contribution in [2.75, 3.05) is 18.1 Å². The number of nitrogens with zero attached hydrogens (tertiary/aromatic N) is 1. The maximum atomic E-state index is 12.2. The predicted octanol–water partition coefficient (Wildman–Crippen LogP) is 2.53. The molecule has 1 saturated carbocycles. The van der Waals surface area contributed by atoms with Crippen LogP contribution in [0.3, 0.4) is 0 Å². The minimum atomic E-state index is 0.00560. The monoisotopic (exact) mass is 279 g/mol. The number of hydrogen-bond donors (Lipinski definition) is 2. The molecule has 2 rings (SSSR count). The quantitative estimate of drug-likeness (QED) is 0.869. The average molecular weight is 279 g/mol. The molecular formula is C14H21N3OS. The predicted molar refractivity (Wildman–Crippen MR) is 80.8 cm³/mol. The Morgan fingerprint density at radius 2 is 2.37 bits per heavy atom. The summed E-state index contributed by atoms with van der Waals surface area (Å²) in [5, 5.41) is 6.78. The summed E-state index contributed by atoms with van der Waals surface area (Å²) in [5.74, 6) is 1.88. The van der Waals surface area contributed by atoms with Crippen molar-refractivity contribution in [3.8, 4) is 0 Å². The highest BCUT2D eigenvalue weighted by Crippen LogP contribution is 2.29. The Morgan fingerprint density at radius 3 is 3.11 bits per heavy atom. The molecule has 1 aromatic rings. The fraction of sp³-hybridized carbons (Fsp3) is 0.571. The van der Waals surface area contributed by atoms with E-state index in [-0.39, 0.29) is 5.91 Å². The van der Waals surface area contributed by atoms with Crippen molar-refractivity contribution < 1.29 is 4.79 Å². The summed E-state index contributed by atoms with van der Waals surface area (Å²) in [5.41, 5.74) is 0.672. The molecule has 19 heavy (non-hydrogen) atoms. The number of anilines is 1. The Kier molecular flexibility index (Phi) is 5.07. The molecule has 1 heterocycles. The molecule has 4 nitrogen and oxygen atoms in total. The van der Waals surface area contributed by atoms with E-state index in [1.54, 1.807) is 25.4 Å². The lowest BCUT2D eigenvalue weighted by Crippen LogP contribution is -2.33. The number of aromatic nitrogens is 1. The zero-order valence-corrected chi connectivity index (χ0v) is 12.3. The number of hydrogen-bond acceptors (Lipinski definition) is 4. The highest BCUT2D eigenvalue weighted by Gasteiger charge is 2.25. The van der Waals surface area contributed by atoms with Crippen LogP contribution in [0.5, 0.6) is 0 Å². The lowest BCUT2D eigenvalue weighted by Gasteiger charge is -2.13. The van der Waals surface area contributed by atoms with Gasteiger partial charge in [-0.2, -0.15) is 11.8 Å². The van der Waals surface area contributed by atoms with Gasteiger partial charge in [0.05, 0.1) is 0 Å². The highest BCUT2D eigenvalue weighted by molar-refractivity contribution is 7.99. The number of nitrogens with one attached hydrogen (secondary N) is 2. The molecule has 0 spiro atoms. The van der Waals surface area contributed by atoms with Crippen molar-refractivity contribution in [1.29, 1.82) is 0 Å². The average Bonchev–Trinajstić information content (AvgIpc) is 2.86. The summed E-state index contributed by atoms with van der Waals surface area (Å²) < 4.78 is 0. The van der Waals surface area contributed by atoms with Crippen LogP contribution in [0, 0.1) is 0 Å².